The zero-order valence-electron chi connectivity index (χ0n) is 16.5. The van der Waals surface area contributed by atoms with Crippen molar-refractivity contribution in [1.29, 1.82) is 0 Å². The van der Waals surface area contributed by atoms with Crippen LogP contribution in [0, 0.1) is 18.8 Å². The summed E-state index contributed by atoms with van der Waals surface area (Å²) in [6.07, 6.45) is 4.38. The molecule has 4 aliphatic heterocycles. The van der Waals surface area contributed by atoms with Gasteiger partial charge in [-0.15, -0.1) is 0 Å². The summed E-state index contributed by atoms with van der Waals surface area (Å²) in [5, 5.41) is 6.99. The van der Waals surface area contributed by atoms with Crippen LogP contribution in [0.25, 0.3) is 0 Å². The van der Waals surface area contributed by atoms with E-state index in [2.05, 4.69) is 15.4 Å². The molecule has 29 heavy (non-hydrogen) atoms. The topological polar surface area (TPSA) is 97.1 Å². The second-order valence-corrected chi connectivity index (χ2v) is 8.22. The summed E-state index contributed by atoms with van der Waals surface area (Å²) in [5.74, 6) is -0.153. The summed E-state index contributed by atoms with van der Waals surface area (Å²) >= 11 is 0. The van der Waals surface area contributed by atoms with Crippen LogP contribution in [-0.2, 0) is 19.1 Å². The number of morpholine rings is 1. The molecule has 3 fully saturated rings. The molecule has 1 aromatic heterocycles. The molecule has 0 aromatic carbocycles. The Kier molecular flexibility index (Phi) is 4.68. The maximum Gasteiger partial charge on any atom is 0.235 e. The minimum absolute atomic E-state index is 0.111. The number of carbonyl (C=O) groups is 2. The van der Waals surface area contributed by atoms with Gasteiger partial charge in [-0.1, -0.05) is 17.3 Å². The number of rotatable bonds is 6. The van der Waals surface area contributed by atoms with Crippen LogP contribution in [0.4, 0.5) is 5.82 Å². The molecule has 0 radical (unpaired) electrons. The monoisotopic (exact) mass is 402 g/mol. The van der Waals surface area contributed by atoms with Gasteiger partial charge >= 0.3 is 0 Å². The zero-order chi connectivity index (χ0) is 20.0. The van der Waals surface area contributed by atoms with E-state index in [1.54, 1.807) is 17.9 Å². The Morgan fingerprint density at radius 3 is 2.97 bits per heavy atom. The number of hydrogen-bond donors (Lipinski definition) is 1. The first-order chi connectivity index (χ1) is 14.1. The van der Waals surface area contributed by atoms with Crippen molar-refractivity contribution in [3.63, 3.8) is 0 Å². The molecule has 1 spiro atoms. The van der Waals surface area contributed by atoms with Crippen LogP contribution in [0.5, 0.6) is 0 Å². The average Bonchev–Trinajstić information content (AvgIpc) is 3.47. The first kappa shape index (κ1) is 18.8. The Balaban J connectivity index is 1.22. The Hall–Kier alpha value is -2.23. The highest BCUT2D eigenvalue weighted by Crippen LogP contribution is 2.52. The standard InChI is InChI=1S/C20H26N4O5/c1-13-11-15(22-29-13)24-12-20-4-3-14(28-20)16(17(20)19(24)26)18(25)21-5-2-6-23-7-9-27-10-8-23/h3-4,11,14,16-17H,2,5-10,12H2,1H3,(H,21,25)/t14-,16+,17-,20+/m1/s1. The van der Waals surface area contributed by atoms with Gasteiger partial charge in [0.2, 0.25) is 11.8 Å². The molecule has 9 heteroatoms. The van der Waals surface area contributed by atoms with E-state index in [-0.39, 0.29) is 17.9 Å². The highest BCUT2D eigenvalue weighted by molar-refractivity contribution is 6.02. The van der Waals surface area contributed by atoms with Crippen molar-refractivity contribution in [1.82, 2.24) is 15.4 Å². The number of fused-ring (bicyclic) bond motifs is 1. The van der Waals surface area contributed by atoms with Crippen molar-refractivity contribution in [2.24, 2.45) is 11.8 Å². The molecule has 0 saturated carbocycles. The summed E-state index contributed by atoms with van der Waals surface area (Å²) in [7, 11) is 0. The van der Waals surface area contributed by atoms with Gasteiger partial charge in [-0.05, 0) is 19.9 Å². The fourth-order valence-electron chi connectivity index (χ4n) is 4.93. The summed E-state index contributed by atoms with van der Waals surface area (Å²) in [6, 6.07) is 1.73. The lowest BCUT2D eigenvalue weighted by molar-refractivity contribution is -0.131. The molecule has 5 rings (SSSR count). The number of ether oxygens (including phenoxy) is 2. The van der Waals surface area contributed by atoms with Crippen LogP contribution < -0.4 is 10.2 Å². The van der Waals surface area contributed by atoms with Gasteiger partial charge in [0.05, 0.1) is 37.7 Å². The third-order valence-electron chi connectivity index (χ3n) is 6.35. The predicted molar refractivity (Wildman–Crippen MR) is 102 cm³/mol. The highest BCUT2D eigenvalue weighted by atomic mass is 16.5. The van der Waals surface area contributed by atoms with Gasteiger partial charge in [0.25, 0.3) is 0 Å². The maximum atomic E-state index is 13.2. The molecule has 4 atom stereocenters. The molecular weight excluding hydrogens is 376 g/mol. The largest absolute Gasteiger partial charge is 0.379 e. The van der Waals surface area contributed by atoms with Crippen LogP contribution in [0.1, 0.15) is 12.2 Å². The zero-order valence-corrected chi connectivity index (χ0v) is 16.5. The van der Waals surface area contributed by atoms with E-state index in [9.17, 15) is 9.59 Å². The molecule has 4 aliphatic rings. The van der Waals surface area contributed by atoms with Gasteiger partial charge in [-0.2, -0.15) is 0 Å². The minimum atomic E-state index is -0.746. The molecule has 1 N–H and O–H groups in total. The molecular formula is C20H26N4O5. The van der Waals surface area contributed by atoms with Crippen LogP contribution in [0.3, 0.4) is 0 Å². The van der Waals surface area contributed by atoms with Crippen LogP contribution in [-0.4, -0.2) is 79.5 Å². The molecule has 2 bridgehead atoms. The lowest BCUT2D eigenvalue weighted by Gasteiger charge is -2.27. The third kappa shape index (κ3) is 3.17. The van der Waals surface area contributed by atoms with E-state index in [1.165, 1.54) is 0 Å². The first-order valence-electron chi connectivity index (χ1n) is 10.3. The summed E-state index contributed by atoms with van der Waals surface area (Å²) in [6.45, 7) is 7.08. The van der Waals surface area contributed by atoms with Crippen molar-refractivity contribution in [2.75, 3.05) is 50.8 Å². The van der Waals surface area contributed by atoms with Gasteiger partial charge in [0.15, 0.2) is 5.82 Å². The molecule has 2 amide bonds. The lowest BCUT2D eigenvalue weighted by atomic mass is 9.77. The second-order valence-electron chi connectivity index (χ2n) is 8.22. The van der Waals surface area contributed by atoms with Gasteiger partial charge in [0, 0.05) is 25.7 Å². The molecule has 9 nitrogen and oxygen atoms in total. The number of hydrogen-bond acceptors (Lipinski definition) is 7. The Morgan fingerprint density at radius 2 is 2.21 bits per heavy atom. The van der Waals surface area contributed by atoms with E-state index in [1.807, 2.05) is 12.2 Å². The number of aromatic nitrogens is 1. The van der Waals surface area contributed by atoms with Crippen LogP contribution >= 0.6 is 0 Å². The van der Waals surface area contributed by atoms with Crippen LogP contribution in [0.2, 0.25) is 0 Å². The molecule has 1 aromatic rings. The van der Waals surface area contributed by atoms with Crippen molar-refractivity contribution in [2.45, 2.75) is 25.0 Å². The molecule has 0 unspecified atom stereocenters. The Bertz CT molecular complexity index is 833. The Morgan fingerprint density at radius 1 is 1.38 bits per heavy atom. The van der Waals surface area contributed by atoms with Crippen molar-refractivity contribution in [3.8, 4) is 0 Å². The van der Waals surface area contributed by atoms with Gasteiger partial charge in [-0.3, -0.25) is 19.4 Å². The van der Waals surface area contributed by atoms with Crippen molar-refractivity contribution >= 4 is 17.6 Å². The van der Waals surface area contributed by atoms with E-state index >= 15 is 0 Å². The number of carbonyl (C=O) groups excluding carboxylic acids is 2. The molecule has 3 saturated heterocycles. The normalized spacial score (nSPS) is 33.5. The van der Waals surface area contributed by atoms with Gasteiger partial charge in [-0.25, -0.2) is 0 Å². The highest BCUT2D eigenvalue weighted by Gasteiger charge is 2.67. The fourth-order valence-corrected chi connectivity index (χ4v) is 4.93. The van der Waals surface area contributed by atoms with E-state index in [0.717, 1.165) is 39.3 Å². The quantitative estimate of drug-likeness (QED) is 0.533. The van der Waals surface area contributed by atoms with Crippen LogP contribution in [0.15, 0.2) is 22.7 Å². The number of nitrogens with one attached hydrogen (secondary N) is 1. The minimum Gasteiger partial charge on any atom is -0.379 e. The number of aryl methyl sites for hydroxylation is 1. The van der Waals surface area contributed by atoms with Crippen molar-refractivity contribution in [3.05, 3.63) is 24.0 Å². The third-order valence-corrected chi connectivity index (χ3v) is 6.35. The second kappa shape index (κ2) is 7.23. The number of amides is 2. The molecule has 5 heterocycles. The van der Waals surface area contributed by atoms with E-state index < -0.39 is 17.4 Å². The molecule has 0 aliphatic carbocycles. The van der Waals surface area contributed by atoms with Crippen molar-refractivity contribution < 1.29 is 23.6 Å². The lowest BCUT2D eigenvalue weighted by Crippen LogP contribution is -2.45. The number of anilines is 1. The first-order valence-corrected chi connectivity index (χ1v) is 10.3. The summed E-state index contributed by atoms with van der Waals surface area (Å²) < 4.78 is 16.6. The average molecular weight is 402 g/mol. The maximum absolute atomic E-state index is 13.2. The van der Waals surface area contributed by atoms with E-state index in [0.29, 0.717) is 24.7 Å². The van der Waals surface area contributed by atoms with Gasteiger partial charge < -0.3 is 19.3 Å². The SMILES string of the molecule is Cc1cc(N2C[C@]34C=C[C@@H](O3)[C@H](C(=O)NCCCN3CCOCC3)[C@@H]4C2=O)no1. The molecule has 156 valence electrons. The summed E-state index contributed by atoms with van der Waals surface area (Å²) in [5.41, 5.74) is -0.746. The summed E-state index contributed by atoms with van der Waals surface area (Å²) in [4.78, 5) is 30.0. The smallest absolute Gasteiger partial charge is 0.235 e. The fraction of sp³-hybridized carbons (Fsp3) is 0.650. The Labute approximate surface area is 169 Å². The predicted octanol–water partition coefficient (Wildman–Crippen LogP) is 0.108. The van der Waals surface area contributed by atoms with Gasteiger partial charge in [0.1, 0.15) is 11.4 Å². The van der Waals surface area contributed by atoms with E-state index in [4.69, 9.17) is 14.0 Å². The number of nitrogens with zero attached hydrogens (tertiary/aromatic N) is 3.